The Morgan fingerprint density at radius 2 is 2.33 bits per heavy atom. The molecule has 1 fully saturated rings. The molecule has 4 nitrogen and oxygen atoms in total. The maximum atomic E-state index is 8.40. The number of rotatable bonds is 4. The SMILES string of the molecule is CC1(C)CC1c1noc(CCCC#N)n1. The van der Waals surface area contributed by atoms with E-state index >= 15 is 0 Å². The van der Waals surface area contributed by atoms with Crippen LogP contribution in [0, 0.1) is 16.7 Å². The van der Waals surface area contributed by atoms with Crippen molar-refractivity contribution in [3.8, 4) is 6.07 Å². The molecule has 0 aromatic carbocycles. The summed E-state index contributed by atoms with van der Waals surface area (Å²) in [7, 11) is 0. The summed E-state index contributed by atoms with van der Waals surface area (Å²) in [6.45, 7) is 4.42. The Morgan fingerprint density at radius 3 is 2.93 bits per heavy atom. The zero-order chi connectivity index (χ0) is 10.9. The normalized spacial score (nSPS) is 22.3. The van der Waals surface area contributed by atoms with Gasteiger partial charge in [0.1, 0.15) is 0 Å². The van der Waals surface area contributed by atoms with Gasteiger partial charge in [-0.15, -0.1) is 0 Å². The van der Waals surface area contributed by atoms with Gasteiger partial charge in [0.05, 0.1) is 6.07 Å². The van der Waals surface area contributed by atoms with E-state index in [4.69, 9.17) is 9.78 Å². The smallest absolute Gasteiger partial charge is 0.226 e. The van der Waals surface area contributed by atoms with Crippen molar-refractivity contribution in [1.29, 1.82) is 5.26 Å². The van der Waals surface area contributed by atoms with E-state index in [9.17, 15) is 0 Å². The summed E-state index contributed by atoms with van der Waals surface area (Å²) < 4.78 is 5.14. The molecule has 0 radical (unpaired) electrons. The summed E-state index contributed by atoms with van der Waals surface area (Å²) in [5.41, 5.74) is 0.341. The molecule has 2 rings (SSSR count). The number of nitrogens with zero attached hydrogens (tertiary/aromatic N) is 3. The van der Waals surface area contributed by atoms with Crippen molar-refractivity contribution >= 4 is 0 Å². The number of unbranched alkanes of at least 4 members (excludes halogenated alkanes) is 1. The van der Waals surface area contributed by atoms with Crippen LogP contribution in [-0.4, -0.2) is 10.1 Å². The zero-order valence-electron chi connectivity index (χ0n) is 9.16. The molecule has 1 aliphatic carbocycles. The summed E-state index contributed by atoms with van der Waals surface area (Å²) in [6.07, 6.45) is 3.21. The summed E-state index contributed by atoms with van der Waals surface area (Å²) in [6, 6.07) is 2.10. The molecule has 1 unspecified atom stereocenters. The summed E-state index contributed by atoms with van der Waals surface area (Å²) in [5, 5.41) is 12.4. The third-order valence-corrected chi connectivity index (χ3v) is 2.99. The van der Waals surface area contributed by atoms with Crippen LogP contribution in [0.2, 0.25) is 0 Å². The molecular formula is C11H15N3O. The van der Waals surface area contributed by atoms with Crippen LogP contribution in [0.5, 0.6) is 0 Å². The van der Waals surface area contributed by atoms with Crippen molar-refractivity contribution < 1.29 is 4.52 Å². The lowest BCUT2D eigenvalue weighted by Gasteiger charge is -1.95. The molecule has 1 saturated carbocycles. The minimum atomic E-state index is 0.341. The molecular weight excluding hydrogens is 190 g/mol. The van der Waals surface area contributed by atoms with Gasteiger partial charge < -0.3 is 4.52 Å². The van der Waals surface area contributed by atoms with Gasteiger partial charge in [-0.3, -0.25) is 0 Å². The van der Waals surface area contributed by atoms with Gasteiger partial charge in [0, 0.05) is 18.8 Å². The zero-order valence-corrected chi connectivity index (χ0v) is 9.16. The van der Waals surface area contributed by atoms with Crippen LogP contribution in [0.25, 0.3) is 0 Å². The van der Waals surface area contributed by atoms with Crippen LogP contribution in [0.1, 0.15) is 50.7 Å². The second-order valence-electron chi connectivity index (χ2n) is 4.80. The number of hydrogen-bond acceptors (Lipinski definition) is 4. The fraction of sp³-hybridized carbons (Fsp3) is 0.727. The quantitative estimate of drug-likeness (QED) is 0.708. The van der Waals surface area contributed by atoms with E-state index in [1.807, 2.05) is 0 Å². The van der Waals surface area contributed by atoms with Gasteiger partial charge in [-0.25, -0.2) is 0 Å². The van der Waals surface area contributed by atoms with E-state index in [1.165, 1.54) is 0 Å². The molecule has 1 aromatic heterocycles. The van der Waals surface area contributed by atoms with E-state index in [2.05, 4.69) is 30.1 Å². The maximum Gasteiger partial charge on any atom is 0.226 e. The molecule has 0 amide bonds. The largest absolute Gasteiger partial charge is 0.339 e. The van der Waals surface area contributed by atoms with Gasteiger partial charge >= 0.3 is 0 Å². The Morgan fingerprint density at radius 1 is 1.60 bits per heavy atom. The fourth-order valence-corrected chi connectivity index (χ4v) is 1.74. The predicted octanol–water partition coefficient (Wildman–Crippen LogP) is 2.43. The summed E-state index contributed by atoms with van der Waals surface area (Å²) in [4.78, 5) is 4.35. The van der Waals surface area contributed by atoms with E-state index < -0.39 is 0 Å². The third kappa shape index (κ3) is 2.17. The van der Waals surface area contributed by atoms with E-state index in [1.54, 1.807) is 0 Å². The van der Waals surface area contributed by atoms with Crippen molar-refractivity contribution in [2.45, 2.75) is 45.4 Å². The minimum absolute atomic E-state index is 0.341. The first kappa shape index (κ1) is 10.2. The predicted molar refractivity (Wildman–Crippen MR) is 54.0 cm³/mol. The van der Waals surface area contributed by atoms with E-state index in [0.29, 0.717) is 30.1 Å². The summed E-state index contributed by atoms with van der Waals surface area (Å²) in [5.74, 6) is 1.97. The first-order valence-corrected chi connectivity index (χ1v) is 5.33. The lowest BCUT2D eigenvalue weighted by molar-refractivity contribution is 0.369. The molecule has 0 spiro atoms. The topological polar surface area (TPSA) is 62.7 Å². The number of hydrogen-bond donors (Lipinski definition) is 0. The molecule has 1 atom stereocenters. The highest BCUT2D eigenvalue weighted by molar-refractivity contribution is 5.14. The average molecular weight is 205 g/mol. The second-order valence-corrected chi connectivity index (χ2v) is 4.80. The lowest BCUT2D eigenvalue weighted by atomic mass is 10.1. The summed E-state index contributed by atoms with van der Waals surface area (Å²) >= 11 is 0. The molecule has 1 aromatic rings. The molecule has 0 aliphatic heterocycles. The highest BCUT2D eigenvalue weighted by Crippen LogP contribution is 2.57. The van der Waals surface area contributed by atoms with E-state index in [0.717, 1.165) is 18.7 Å². The molecule has 15 heavy (non-hydrogen) atoms. The third-order valence-electron chi connectivity index (χ3n) is 2.99. The Hall–Kier alpha value is -1.37. The van der Waals surface area contributed by atoms with Crippen molar-refractivity contribution in [3.05, 3.63) is 11.7 Å². The molecule has 80 valence electrons. The lowest BCUT2D eigenvalue weighted by Crippen LogP contribution is -1.92. The standard InChI is InChI=1S/C11H15N3O/c1-11(2)7-8(11)10-13-9(15-14-10)5-3-4-6-12/h8H,3-5,7H2,1-2H3. The molecule has 4 heteroatoms. The number of nitriles is 1. The van der Waals surface area contributed by atoms with Crippen LogP contribution in [0.4, 0.5) is 0 Å². The molecule has 1 aliphatic rings. The van der Waals surface area contributed by atoms with Crippen LogP contribution >= 0.6 is 0 Å². The first-order valence-electron chi connectivity index (χ1n) is 5.33. The number of aryl methyl sites for hydroxylation is 1. The van der Waals surface area contributed by atoms with Gasteiger partial charge in [-0.2, -0.15) is 10.2 Å². The van der Waals surface area contributed by atoms with Gasteiger partial charge in [0.25, 0.3) is 0 Å². The molecule has 0 bridgehead atoms. The molecule has 0 N–H and O–H groups in total. The van der Waals surface area contributed by atoms with Gasteiger partial charge in [-0.1, -0.05) is 19.0 Å². The van der Waals surface area contributed by atoms with Crippen molar-refractivity contribution in [2.24, 2.45) is 5.41 Å². The van der Waals surface area contributed by atoms with Crippen LogP contribution in [0.3, 0.4) is 0 Å². The van der Waals surface area contributed by atoms with Gasteiger partial charge in [-0.05, 0) is 18.3 Å². The monoisotopic (exact) mass is 205 g/mol. The minimum Gasteiger partial charge on any atom is -0.339 e. The van der Waals surface area contributed by atoms with Crippen molar-refractivity contribution in [2.75, 3.05) is 0 Å². The Balaban J connectivity index is 1.91. The molecule has 0 saturated heterocycles. The highest BCUT2D eigenvalue weighted by atomic mass is 16.5. The maximum absolute atomic E-state index is 8.40. The van der Waals surface area contributed by atoms with Gasteiger partial charge in [0.15, 0.2) is 5.82 Å². The van der Waals surface area contributed by atoms with Gasteiger partial charge in [0.2, 0.25) is 5.89 Å². The number of aromatic nitrogens is 2. The highest BCUT2D eigenvalue weighted by Gasteiger charge is 2.49. The van der Waals surface area contributed by atoms with Crippen molar-refractivity contribution in [3.63, 3.8) is 0 Å². The van der Waals surface area contributed by atoms with Crippen molar-refractivity contribution in [1.82, 2.24) is 10.1 Å². The Kier molecular flexibility index (Phi) is 2.47. The van der Waals surface area contributed by atoms with Crippen LogP contribution in [0.15, 0.2) is 4.52 Å². The second kappa shape index (κ2) is 3.65. The Bertz CT molecular complexity index is 389. The first-order chi connectivity index (χ1) is 7.13. The van der Waals surface area contributed by atoms with Crippen LogP contribution in [-0.2, 0) is 6.42 Å². The van der Waals surface area contributed by atoms with Crippen LogP contribution < -0.4 is 0 Å². The van der Waals surface area contributed by atoms with E-state index in [-0.39, 0.29) is 0 Å². The average Bonchev–Trinajstić information content (AvgIpc) is 2.64. The molecule has 1 heterocycles. The Labute approximate surface area is 89.3 Å². The fourth-order valence-electron chi connectivity index (χ4n) is 1.74.